The Morgan fingerprint density at radius 3 is 2.11 bits per heavy atom. The number of halogens is 2. The number of aryl methyl sites for hydroxylation is 1. The molecule has 0 aliphatic heterocycles. The first-order valence-electron chi connectivity index (χ1n) is 14.8. The van der Waals surface area contributed by atoms with E-state index in [0.29, 0.717) is 12.1 Å². The van der Waals surface area contributed by atoms with Gasteiger partial charge in [-0.05, 0) is 60.9 Å². The highest BCUT2D eigenvalue weighted by atomic mass is 32.2. The Balaban J connectivity index is 1.79. The van der Waals surface area contributed by atoms with Crippen LogP contribution in [0.5, 0.6) is 0 Å². The van der Waals surface area contributed by atoms with Crippen molar-refractivity contribution in [2.24, 2.45) is 0 Å². The van der Waals surface area contributed by atoms with E-state index >= 15 is 4.39 Å². The monoisotopic (exact) mass is 633 g/mol. The lowest BCUT2D eigenvalue weighted by Crippen LogP contribution is -2.53. The van der Waals surface area contributed by atoms with E-state index in [0.717, 1.165) is 34.3 Å². The van der Waals surface area contributed by atoms with E-state index in [4.69, 9.17) is 0 Å². The van der Waals surface area contributed by atoms with E-state index in [-0.39, 0.29) is 23.5 Å². The lowest BCUT2D eigenvalue weighted by molar-refractivity contribution is -0.140. The quantitative estimate of drug-likeness (QED) is 0.172. The minimum absolute atomic E-state index is 0.118. The molecule has 0 radical (unpaired) electrons. The van der Waals surface area contributed by atoms with Crippen molar-refractivity contribution in [1.29, 1.82) is 0 Å². The summed E-state index contributed by atoms with van der Waals surface area (Å²) in [6.45, 7) is 3.28. The van der Waals surface area contributed by atoms with Crippen LogP contribution in [-0.4, -0.2) is 44.3 Å². The Labute approximate surface area is 263 Å². The number of sulfonamides is 1. The van der Waals surface area contributed by atoms with Crippen LogP contribution < -0.4 is 9.62 Å². The van der Waals surface area contributed by atoms with E-state index in [2.05, 4.69) is 5.32 Å². The molecule has 0 aliphatic carbocycles. The first kappa shape index (κ1) is 33.3. The van der Waals surface area contributed by atoms with Crippen molar-refractivity contribution in [3.63, 3.8) is 0 Å². The third kappa shape index (κ3) is 8.76. The van der Waals surface area contributed by atoms with Crippen LogP contribution in [-0.2, 0) is 32.6 Å². The molecule has 7 nitrogen and oxygen atoms in total. The fourth-order valence-electron chi connectivity index (χ4n) is 4.85. The SMILES string of the molecule is CCCCNC(=O)[C@@H](Cc1ccccc1)N(Cc1ccc(F)cc1)C(=O)CN(c1ccccc1F)S(=O)(=O)c1ccc(C)cc1. The molecular weight excluding hydrogens is 596 g/mol. The molecule has 0 fully saturated rings. The van der Waals surface area contributed by atoms with Gasteiger partial charge < -0.3 is 10.2 Å². The van der Waals surface area contributed by atoms with Crippen LogP contribution in [0.1, 0.15) is 36.5 Å². The Kier molecular flexibility index (Phi) is 11.4. The molecule has 10 heteroatoms. The van der Waals surface area contributed by atoms with Gasteiger partial charge in [0.2, 0.25) is 11.8 Å². The maximum Gasteiger partial charge on any atom is 0.264 e. The molecule has 4 rings (SSSR count). The highest BCUT2D eigenvalue weighted by molar-refractivity contribution is 7.92. The molecule has 0 spiro atoms. The predicted octanol–water partition coefficient (Wildman–Crippen LogP) is 6.02. The Morgan fingerprint density at radius 2 is 1.47 bits per heavy atom. The molecule has 4 aromatic carbocycles. The highest BCUT2D eigenvalue weighted by Crippen LogP contribution is 2.27. The average Bonchev–Trinajstić information content (AvgIpc) is 3.03. The van der Waals surface area contributed by atoms with E-state index in [1.165, 1.54) is 59.5 Å². The number of hydrogen-bond acceptors (Lipinski definition) is 4. The Morgan fingerprint density at radius 1 is 0.822 bits per heavy atom. The fraction of sp³-hybridized carbons (Fsp3) is 0.257. The summed E-state index contributed by atoms with van der Waals surface area (Å²) >= 11 is 0. The minimum Gasteiger partial charge on any atom is -0.354 e. The first-order valence-corrected chi connectivity index (χ1v) is 16.2. The summed E-state index contributed by atoms with van der Waals surface area (Å²) in [6, 6.07) is 24.9. The minimum atomic E-state index is -4.43. The zero-order valence-corrected chi connectivity index (χ0v) is 26.1. The maximum absolute atomic E-state index is 15.2. The second-order valence-electron chi connectivity index (χ2n) is 10.8. The van der Waals surface area contributed by atoms with Gasteiger partial charge in [0.15, 0.2) is 0 Å². The number of amides is 2. The first-order chi connectivity index (χ1) is 21.6. The molecule has 236 valence electrons. The molecule has 0 saturated heterocycles. The number of rotatable bonds is 14. The summed E-state index contributed by atoms with van der Waals surface area (Å²) in [6.07, 6.45) is 1.71. The molecule has 0 heterocycles. The van der Waals surface area contributed by atoms with E-state index in [9.17, 15) is 22.4 Å². The molecule has 0 saturated carbocycles. The molecule has 1 atom stereocenters. The number of para-hydroxylation sites is 1. The maximum atomic E-state index is 15.2. The summed E-state index contributed by atoms with van der Waals surface area (Å²) in [5.41, 5.74) is 1.83. The van der Waals surface area contributed by atoms with Gasteiger partial charge in [0.25, 0.3) is 10.0 Å². The van der Waals surface area contributed by atoms with Gasteiger partial charge in [0, 0.05) is 19.5 Å². The molecule has 0 aromatic heterocycles. The number of benzene rings is 4. The Bertz CT molecular complexity index is 1680. The van der Waals surface area contributed by atoms with Crippen molar-refractivity contribution in [1.82, 2.24) is 10.2 Å². The number of carbonyl (C=O) groups excluding carboxylic acids is 2. The van der Waals surface area contributed by atoms with Gasteiger partial charge in [-0.15, -0.1) is 0 Å². The normalized spacial score (nSPS) is 11.9. The third-order valence-electron chi connectivity index (χ3n) is 7.38. The van der Waals surface area contributed by atoms with Crippen LogP contribution >= 0.6 is 0 Å². The lowest BCUT2D eigenvalue weighted by atomic mass is 10.0. The van der Waals surface area contributed by atoms with Crippen molar-refractivity contribution in [3.8, 4) is 0 Å². The summed E-state index contributed by atoms with van der Waals surface area (Å²) in [5, 5.41) is 2.90. The number of unbranched alkanes of at least 4 members (excludes halogenated alkanes) is 1. The largest absolute Gasteiger partial charge is 0.354 e. The highest BCUT2D eigenvalue weighted by Gasteiger charge is 2.35. The van der Waals surface area contributed by atoms with Gasteiger partial charge in [-0.3, -0.25) is 13.9 Å². The van der Waals surface area contributed by atoms with Gasteiger partial charge in [-0.2, -0.15) is 0 Å². The van der Waals surface area contributed by atoms with Crippen LogP contribution in [0.2, 0.25) is 0 Å². The number of carbonyl (C=O) groups is 2. The van der Waals surface area contributed by atoms with Gasteiger partial charge in [-0.25, -0.2) is 17.2 Å². The van der Waals surface area contributed by atoms with E-state index < -0.39 is 46.1 Å². The second kappa shape index (κ2) is 15.4. The lowest BCUT2D eigenvalue weighted by Gasteiger charge is -2.34. The molecular formula is C35H37F2N3O4S. The van der Waals surface area contributed by atoms with E-state index in [1.54, 1.807) is 19.1 Å². The van der Waals surface area contributed by atoms with Gasteiger partial charge in [0.05, 0.1) is 10.6 Å². The summed E-state index contributed by atoms with van der Waals surface area (Å²) in [7, 11) is -4.43. The predicted molar refractivity (Wildman–Crippen MR) is 171 cm³/mol. The van der Waals surface area contributed by atoms with Gasteiger partial charge >= 0.3 is 0 Å². The van der Waals surface area contributed by atoms with Gasteiger partial charge in [-0.1, -0.05) is 85.6 Å². The molecule has 1 N–H and O–H groups in total. The molecule has 0 aliphatic rings. The number of nitrogens with zero attached hydrogens (tertiary/aromatic N) is 2. The van der Waals surface area contributed by atoms with Crippen molar-refractivity contribution in [2.75, 3.05) is 17.4 Å². The van der Waals surface area contributed by atoms with Crippen LogP contribution in [0.4, 0.5) is 14.5 Å². The molecule has 4 aromatic rings. The van der Waals surface area contributed by atoms with Crippen LogP contribution in [0, 0.1) is 18.6 Å². The zero-order valence-electron chi connectivity index (χ0n) is 25.3. The average molecular weight is 634 g/mol. The van der Waals surface area contributed by atoms with Crippen LogP contribution in [0.3, 0.4) is 0 Å². The summed E-state index contributed by atoms with van der Waals surface area (Å²) in [4.78, 5) is 29.2. The van der Waals surface area contributed by atoms with Crippen molar-refractivity contribution in [3.05, 3.63) is 131 Å². The summed E-state index contributed by atoms with van der Waals surface area (Å²) < 4.78 is 57.7. The van der Waals surface area contributed by atoms with Crippen molar-refractivity contribution in [2.45, 2.75) is 50.6 Å². The van der Waals surface area contributed by atoms with E-state index in [1.807, 2.05) is 37.3 Å². The molecule has 0 unspecified atom stereocenters. The third-order valence-corrected chi connectivity index (χ3v) is 9.15. The smallest absolute Gasteiger partial charge is 0.264 e. The van der Waals surface area contributed by atoms with Crippen LogP contribution in [0.25, 0.3) is 0 Å². The van der Waals surface area contributed by atoms with Gasteiger partial charge in [0.1, 0.15) is 24.2 Å². The van der Waals surface area contributed by atoms with Crippen molar-refractivity contribution < 1.29 is 26.8 Å². The number of hydrogen-bond donors (Lipinski definition) is 1. The topological polar surface area (TPSA) is 86.8 Å². The molecule has 45 heavy (non-hydrogen) atoms. The number of anilines is 1. The summed E-state index contributed by atoms with van der Waals surface area (Å²) in [5.74, 6) is -2.44. The van der Waals surface area contributed by atoms with Crippen molar-refractivity contribution >= 4 is 27.5 Å². The Hall–Kier alpha value is -4.57. The fourth-order valence-corrected chi connectivity index (χ4v) is 6.27. The van der Waals surface area contributed by atoms with Crippen LogP contribution in [0.15, 0.2) is 108 Å². The zero-order chi connectivity index (χ0) is 32.4. The number of nitrogens with one attached hydrogen (secondary N) is 1. The standard InChI is InChI=1S/C35H37F2N3O4S/c1-3-4-22-38-35(42)33(23-27-10-6-5-7-11-27)39(24-28-16-18-29(36)19-17-28)34(41)25-40(32-13-9-8-12-31(32)37)45(43,44)30-20-14-26(2)15-21-30/h5-21,33H,3-4,22-25H2,1-2H3,(H,38,42)/t33-/m1/s1. The molecule has 0 bridgehead atoms. The second-order valence-corrected chi connectivity index (χ2v) is 12.6. The molecule has 2 amide bonds.